The Labute approximate surface area is 440 Å². The predicted octanol–water partition coefficient (Wildman–Crippen LogP) is 19.0. The lowest BCUT2D eigenvalue weighted by Crippen LogP contribution is -2.28. The summed E-state index contributed by atoms with van der Waals surface area (Å²) < 4.78 is 2.48. The Balaban J connectivity index is 0.972. The summed E-state index contributed by atoms with van der Waals surface area (Å²) in [6.45, 7) is 0. The zero-order valence-corrected chi connectivity index (χ0v) is 41.8. The molecule has 2 heteroatoms. The molecule has 75 heavy (non-hydrogen) atoms. The van der Waals surface area contributed by atoms with Gasteiger partial charge >= 0.3 is 0 Å². The van der Waals surface area contributed by atoms with E-state index < -0.39 is 5.41 Å². The number of para-hydroxylation sites is 3. The Morgan fingerprint density at radius 2 is 0.933 bits per heavy atom. The summed E-state index contributed by atoms with van der Waals surface area (Å²) >= 11 is 0. The highest BCUT2D eigenvalue weighted by Gasteiger charge is 2.46. The second-order valence-electron chi connectivity index (χ2n) is 20.1. The molecule has 0 bridgehead atoms. The highest BCUT2D eigenvalue weighted by Crippen LogP contribution is 2.57. The van der Waals surface area contributed by atoms with E-state index in [-0.39, 0.29) is 0 Å². The van der Waals surface area contributed by atoms with E-state index in [1.807, 2.05) is 0 Å². The molecule has 3 aliphatic rings. The average Bonchev–Trinajstić information content (AvgIpc) is 3.99. The van der Waals surface area contributed by atoms with Gasteiger partial charge in [0.05, 0.1) is 16.6 Å². The monoisotopic (exact) mass is 958 g/mol. The van der Waals surface area contributed by atoms with Crippen molar-refractivity contribution >= 4 is 45.2 Å². The average molecular weight is 959 g/mol. The summed E-state index contributed by atoms with van der Waals surface area (Å²) in [5.74, 6) is 0. The van der Waals surface area contributed by atoms with Crippen LogP contribution in [0, 0.1) is 0 Å². The molecule has 0 aliphatic heterocycles. The number of hydrogen-bond donors (Lipinski definition) is 0. The summed E-state index contributed by atoms with van der Waals surface area (Å²) in [6, 6.07) is 94.5. The number of benzene rings is 10. The molecule has 3 aliphatic carbocycles. The van der Waals surface area contributed by atoms with Crippen molar-refractivity contribution in [1.82, 2.24) is 4.57 Å². The van der Waals surface area contributed by atoms with Gasteiger partial charge in [-0.2, -0.15) is 0 Å². The van der Waals surface area contributed by atoms with Crippen LogP contribution < -0.4 is 4.90 Å². The van der Waals surface area contributed by atoms with Gasteiger partial charge in [-0.3, -0.25) is 0 Å². The van der Waals surface area contributed by atoms with Crippen LogP contribution in [0.25, 0.3) is 67.2 Å². The number of aromatic nitrogens is 1. The molecule has 0 saturated carbocycles. The number of rotatable bonds is 10. The Bertz CT molecular complexity index is 3990. The first-order valence-electron chi connectivity index (χ1n) is 26.5. The fourth-order valence-electron chi connectivity index (χ4n) is 12.8. The van der Waals surface area contributed by atoms with Crippen LogP contribution in [0.2, 0.25) is 0 Å². The van der Waals surface area contributed by atoms with Crippen molar-refractivity contribution in [3.05, 3.63) is 318 Å². The van der Waals surface area contributed by atoms with E-state index in [9.17, 15) is 0 Å². The minimum Gasteiger partial charge on any atom is -0.310 e. The van der Waals surface area contributed by atoms with E-state index in [2.05, 4.69) is 289 Å². The maximum Gasteiger partial charge on any atom is 0.0713 e. The molecule has 1 aromatic heterocycles. The van der Waals surface area contributed by atoms with Crippen LogP contribution in [-0.2, 0) is 11.8 Å². The largest absolute Gasteiger partial charge is 0.310 e. The van der Waals surface area contributed by atoms with Gasteiger partial charge in [0.25, 0.3) is 0 Å². The molecule has 10 aromatic carbocycles. The molecule has 2 nitrogen and oxygen atoms in total. The Morgan fingerprint density at radius 1 is 0.387 bits per heavy atom. The van der Waals surface area contributed by atoms with E-state index in [1.165, 1.54) is 106 Å². The number of allylic oxidation sites excluding steroid dienone is 5. The summed E-state index contributed by atoms with van der Waals surface area (Å²) in [4.78, 5) is 2.51. The molecule has 0 radical (unpaired) electrons. The smallest absolute Gasteiger partial charge is 0.0713 e. The molecule has 0 N–H and O–H groups in total. The lowest BCUT2D eigenvalue weighted by Gasteiger charge is -2.34. The second kappa shape index (κ2) is 18.7. The van der Waals surface area contributed by atoms with Crippen LogP contribution in [0.15, 0.2) is 273 Å². The van der Waals surface area contributed by atoms with Gasteiger partial charge < -0.3 is 9.47 Å². The Hall–Kier alpha value is -9.24. The Morgan fingerprint density at radius 3 is 1.65 bits per heavy atom. The van der Waals surface area contributed by atoms with Crippen LogP contribution in [0.3, 0.4) is 0 Å². The zero-order chi connectivity index (χ0) is 49.7. The quantitative estimate of drug-likeness (QED) is 0.133. The molecule has 0 saturated heterocycles. The Kier molecular flexibility index (Phi) is 11.1. The minimum absolute atomic E-state index is 0.496. The first kappa shape index (κ1) is 44.5. The van der Waals surface area contributed by atoms with E-state index in [0.29, 0.717) is 0 Å². The number of nitrogens with zero attached hydrogens (tertiary/aromatic N) is 2. The number of fused-ring (bicyclic) bond motifs is 6. The third-order valence-electron chi connectivity index (χ3n) is 16.0. The fraction of sp³-hybridized carbons (Fsp3) is 0.0685. The standard InChI is InChI=1S/C73H54N2/c1-5-24-51(25-6-1)58-32-13-14-33-60(58)61-34-15-16-35-62(61)64-37-18-21-42-70(64)74(56-46-44-52(45-47-56)59-39-23-40-66-65-38-19-22-43-71(65)75(72(59)66)55-30-11-4-12-31-55)57-48-49-69-67(50-57)63-36-17-20-41-68(63)73(69,53-26-7-2-8-27-53)54-28-9-3-10-29-54/h1-14,17-18,20-37,39-50H,15-16,19,38H2. The summed E-state index contributed by atoms with van der Waals surface area (Å²) in [5, 5.41) is 1.33. The van der Waals surface area contributed by atoms with Gasteiger partial charge in [-0.05, 0) is 147 Å². The second-order valence-corrected chi connectivity index (χ2v) is 20.1. The summed E-state index contributed by atoms with van der Waals surface area (Å²) in [5.41, 5.74) is 25.4. The van der Waals surface area contributed by atoms with E-state index in [4.69, 9.17) is 0 Å². The maximum atomic E-state index is 2.51. The molecule has 11 aromatic rings. The molecular formula is C73H54N2. The molecule has 0 atom stereocenters. The molecule has 0 fully saturated rings. The van der Waals surface area contributed by atoms with Gasteiger partial charge in [-0.15, -0.1) is 0 Å². The van der Waals surface area contributed by atoms with Gasteiger partial charge in [0.1, 0.15) is 0 Å². The fourth-order valence-corrected chi connectivity index (χ4v) is 12.8. The normalized spacial score (nSPS) is 14.1. The maximum absolute atomic E-state index is 2.51. The first-order valence-corrected chi connectivity index (χ1v) is 26.5. The minimum atomic E-state index is -0.496. The van der Waals surface area contributed by atoms with Crippen LogP contribution in [0.1, 0.15) is 63.9 Å². The van der Waals surface area contributed by atoms with Gasteiger partial charge in [-0.1, -0.05) is 231 Å². The first-order chi connectivity index (χ1) is 37.3. The highest BCUT2D eigenvalue weighted by atomic mass is 15.1. The van der Waals surface area contributed by atoms with Gasteiger partial charge in [0.2, 0.25) is 0 Å². The number of aryl methyl sites for hydroxylation is 1. The van der Waals surface area contributed by atoms with Crippen molar-refractivity contribution in [2.24, 2.45) is 0 Å². The zero-order valence-electron chi connectivity index (χ0n) is 41.8. The van der Waals surface area contributed by atoms with E-state index in [1.54, 1.807) is 0 Å². The topological polar surface area (TPSA) is 8.17 Å². The molecule has 356 valence electrons. The van der Waals surface area contributed by atoms with E-state index >= 15 is 0 Å². The van der Waals surface area contributed by atoms with Crippen LogP contribution in [0.5, 0.6) is 0 Å². The van der Waals surface area contributed by atoms with Crippen LogP contribution in [-0.4, -0.2) is 4.57 Å². The SMILES string of the molecule is C1=Cc2c(c3cccc(-c4ccc(N(c5ccc6c(c5)-c5ccccc5C6(c5ccccc5)c5ccccc5)c5ccccc5C5=CCCC=C5c5ccccc5-c5ccccc5)cc4)c3n2-c2ccccc2)CC1. The van der Waals surface area contributed by atoms with Crippen molar-refractivity contribution < 1.29 is 0 Å². The van der Waals surface area contributed by atoms with Gasteiger partial charge in [0, 0.05) is 39.3 Å². The lowest BCUT2D eigenvalue weighted by molar-refractivity contribution is 0.768. The van der Waals surface area contributed by atoms with Crippen molar-refractivity contribution in [1.29, 1.82) is 0 Å². The summed E-state index contributed by atoms with van der Waals surface area (Å²) in [7, 11) is 0. The molecule has 14 rings (SSSR count). The molecule has 1 heterocycles. The third kappa shape index (κ3) is 7.31. The molecule has 0 amide bonds. The third-order valence-corrected chi connectivity index (χ3v) is 16.0. The van der Waals surface area contributed by atoms with Crippen LogP contribution >= 0.6 is 0 Å². The number of anilines is 3. The highest BCUT2D eigenvalue weighted by molar-refractivity contribution is 6.11. The lowest BCUT2D eigenvalue weighted by atomic mass is 9.68. The van der Waals surface area contributed by atoms with E-state index in [0.717, 1.165) is 42.7 Å². The van der Waals surface area contributed by atoms with Crippen molar-refractivity contribution in [3.63, 3.8) is 0 Å². The molecule has 0 spiro atoms. The molecule has 0 unspecified atom stereocenters. The van der Waals surface area contributed by atoms with Crippen molar-refractivity contribution in [3.8, 4) is 39.1 Å². The van der Waals surface area contributed by atoms with Crippen LogP contribution in [0.4, 0.5) is 17.1 Å². The van der Waals surface area contributed by atoms with Crippen molar-refractivity contribution in [2.45, 2.75) is 31.1 Å². The van der Waals surface area contributed by atoms with Gasteiger partial charge in [-0.25, -0.2) is 0 Å². The van der Waals surface area contributed by atoms with Crippen molar-refractivity contribution in [2.75, 3.05) is 4.90 Å². The summed E-state index contributed by atoms with van der Waals surface area (Å²) in [6.07, 6.45) is 13.6. The predicted molar refractivity (Wildman–Crippen MR) is 315 cm³/mol. The number of hydrogen-bond acceptors (Lipinski definition) is 1. The van der Waals surface area contributed by atoms with Gasteiger partial charge in [0.15, 0.2) is 0 Å². The molecular weight excluding hydrogens is 905 g/mol.